The minimum absolute atomic E-state index is 0.595. The Balaban J connectivity index is 1.47. The molecule has 49 heavy (non-hydrogen) atoms. The number of hydrogen-bond donors (Lipinski definition) is 0. The molecule has 0 aliphatic carbocycles. The van der Waals surface area contributed by atoms with Gasteiger partial charge in [-0.2, -0.15) is 10.5 Å². The van der Waals surface area contributed by atoms with Crippen molar-refractivity contribution in [2.45, 2.75) is 0 Å². The van der Waals surface area contributed by atoms with Crippen molar-refractivity contribution in [3.63, 3.8) is 0 Å². The maximum atomic E-state index is 10.0. The summed E-state index contributed by atoms with van der Waals surface area (Å²) in [6.07, 6.45) is 0. The summed E-state index contributed by atoms with van der Waals surface area (Å²) in [7, 11) is 0. The highest BCUT2D eigenvalue weighted by atomic mass is 15.0. The van der Waals surface area contributed by atoms with Gasteiger partial charge in [0.25, 0.3) is 0 Å². The van der Waals surface area contributed by atoms with E-state index in [1.54, 1.807) is 0 Å². The highest BCUT2D eigenvalue weighted by Crippen LogP contribution is 2.46. The second kappa shape index (κ2) is 10.2. The molecule has 3 heterocycles. The largest absolute Gasteiger partial charge is 0.309 e. The Hall–Kier alpha value is -7.08. The average molecular weight is 624 g/mol. The van der Waals surface area contributed by atoms with E-state index in [1.807, 2.05) is 42.5 Å². The van der Waals surface area contributed by atoms with Crippen molar-refractivity contribution in [3.05, 3.63) is 163 Å². The molecule has 5 heteroatoms. The quantitative estimate of drug-likeness (QED) is 0.197. The van der Waals surface area contributed by atoms with Gasteiger partial charge in [-0.05, 0) is 78.9 Å². The maximum Gasteiger partial charge on any atom is 0.0992 e. The molecule has 0 spiro atoms. The lowest BCUT2D eigenvalue weighted by Crippen LogP contribution is -1.96. The Labute approximate surface area is 280 Å². The summed E-state index contributed by atoms with van der Waals surface area (Å²) >= 11 is 0. The Bertz CT molecular complexity index is 3050. The standard InChI is InChI=1S/C44H25N5/c45-26-28-10-9-15-32(24-28)48-38-21-18-29(27-46)25-36(38)42-40(48)23-20-34-33-19-22-39-41(43(33)49(44(34)42)31-13-5-2-6-14-31)35-16-7-8-17-37(35)47(39)30-11-3-1-4-12-30/h1-25H. The molecule has 0 radical (unpaired) electrons. The molecule has 7 aromatic carbocycles. The van der Waals surface area contributed by atoms with Crippen molar-refractivity contribution >= 4 is 65.4 Å². The average Bonchev–Trinajstić information content (AvgIpc) is 3.80. The van der Waals surface area contributed by atoms with Crippen LogP contribution in [0.3, 0.4) is 0 Å². The molecule has 226 valence electrons. The van der Waals surface area contributed by atoms with Crippen molar-refractivity contribution in [2.75, 3.05) is 0 Å². The van der Waals surface area contributed by atoms with Gasteiger partial charge in [-0.25, -0.2) is 0 Å². The lowest BCUT2D eigenvalue weighted by Gasteiger charge is -2.11. The third-order valence-electron chi connectivity index (χ3n) is 9.84. The lowest BCUT2D eigenvalue weighted by molar-refractivity contribution is 1.17. The van der Waals surface area contributed by atoms with Gasteiger partial charge in [-0.3, -0.25) is 0 Å². The number of aromatic nitrogens is 3. The zero-order valence-electron chi connectivity index (χ0n) is 26.2. The van der Waals surface area contributed by atoms with Gasteiger partial charge in [0.15, 0.2) is 0 Å². The summed E-state index contributed by atoms with van der Waals surface area (Å²) in [5.74, 6) is 0. The highest BCUT2D eigenvalue weighted by molar-refractivity contribution is 6.31. The molecule has 3 aromatic heterocycles. The lowest BCUT2D eigenvalue weighted by atomic mass is 10.1. The van der Waals surface area contributed by atoms with Crippen LogP contribution in [0.25, 0.3) is 82.5 Å². The first kappa shape index (κ1) is 27.1. The molecule has 5 nitrogen and oxygen atoms in total. The highest BCUT2D eigenvalue weighted by Gasteiger charge is 2.24. The number of benzene rings is 7. The van der Waals surface area contributed by atoms with Gasteiger partial charge < -0.3 is 13.7 Å². The van der Waals surface area contributed by atoms with Crippen molar-refractivity contribution in [1.82, 2.24) is 13.7 Å². The fourth-order valence-electron chi connectivity index (χ4n) is 7.90. The van der Waals surface area contributed by atoms with Crippen LogP contribution in [0.2, 0.25) is 0 Å². The molecular formula is C44H25N5. The molecule has 0 N–H and O–H groups in total. The van der Waals surface area contributed by atoms with Crippen LogP contribution in [-0.4, -0.2) is 13.7 Å². The minimum atomic E-state index is 0.595. The van der Waals surface area contributed by atoms with Gasteiger partial charge in [0.1, 0.15) is 0 Å². The van der Waals surface area contributed by atoms with Crippen LogP contribution in [0.15, 0.2) is 152 Å². The Morgan fingerprint density at radius 1 is 0.347 bits per heavy atom. The van der Waals surface area contributed by atoms with E-state index in [0.717, 1.165) is 71.7 Å². The molecule has 0 unspecified atom stereocenters. The Morgan fingerprint density at radius 2 is 0.857 bits per heavy atom. The van der Waals surface area contributed by atoms with Crippen LogP contribution in [-0.2, 0) is 0 Å². The molecule has 0 bridgehead atoms. The Morgan fingerprint density at radius 3 is 1.53 bits per heavy atom. The summed E-state index contributed by atoms with van der Waals surface area (Å²) in [6, 6.07) is 57.0. The van der Waals surface area contributed by atoms with E-state index in [9.17, 15) is 10.5 Å². The topological polar surface area (TPSA) is 62.4 Å². The van der Waals surface area contributed by atoms with E-state index >= 15 is 0 Å². The van der Waals surface area contributed by atoms with E-state index in [0.29, 0.717) is 11.1 Å². The third-order valence-corrected chi connectivity index (χ3v) is 9.84. The first-order valence-corrected chi connectivity index (χ1v) is 16.2. The normalized spacial score (nSPS) is 11.6. The number of nitriles is 2. The van der Waals surface area contributed by atoms with Crippen LogP contribution in [0, 0.1) is 22.7 Å². The van der Waals surface area contributed by atoms with Crippen LogP contribution < -0.4 is 0 Å². The zero-order valence-corrected chi connectivity index (χ0v) is 26.2. The van der Waals surface area contributed by atoms with Crippen LogP contribution in [0.5, 0.6) is 0 Å². The molecule has 10 rings (SSSR count). The molecule has 0 saturated heterocycles. The molecule has 0 aliphatic rings. The van der Waals surface area contributed by atoms with Gasteiger partial charge in [-0.15, -0.1) is 0 Å². The van der Waals surface area contributed by atoms with Gasteiger partial charge in [-0.1, -0.05) is 72.8 Å². The first-order chi connectivity index (χ1) is 24.2. The molecule has 0 atom stereocenters. The van der Waals surface area contributed by atoms with Gasteiger partial charge in [0.05, 0.1) is 56.4 Å². The summed E-state index contributed by atoms with van der Waals surface area (Å²) in [5, 5.41) is 26.5. The fraction of sp³-hybridized carbons (Fsp3) is 0. The molecule has 0 saturated carbocycles. The van der Waals surface area contributed by atoms with Gasteiger partial charge in [0, 0.05) is 49.4 Å². The number of rotatable bonds is 3. The minimum Gasteiger partial charge on any atom is -0.309 e. The van der Waals surface area contributed by atoms with Crippen LogP contribution >= 0.6 is 0 Å². The predicted molar refractivity (Wildman–Crippen MR) is 199 cm³/mol. The molecule has 0 fully saturated rings. The van der Waals surface area contributed by atoms with Gasteiger partial charge in [0.2, 0.25) is 0 Å². The van der Waals surface area contributed by atoms with Crippen molar-refractivity contribution < 1.29 is 0 Å². The number of hydrogen-bond acceptors (Lipinski definition) is 2. The second-order valence-corrected chi connectivity index (χ2v) is 12.4. The summed E-state index contributed by atoms with van der Waals surface area (Å²) in [6.45, 7) is 0. The summed E-state index contributed by atoms with van der Waals surface area (Å²) in [5.41, 5.74) is 10.8. The van der Waals surface area contributed by atoms with Crippen LogP contribution in [0.1, 0.15) is 11.1 Å². The third kappa shape index (κ3) is 3.73. The maximum absolute atomic E-state index is 10.0. The summed E-state index contributed by atoms with van der Waals surface area (Å²) < 4.78 is 7.00. The van der Waals surface area contributed by atoms with E-state index in [4.69, 9.17) is 0 Å². The van der Waals surface area contributed by atoms with Crippen molar-refractivity contribution in [2.24, 2.45) is 0 Å². The Kier molecular flexibility index (Phi) is 5.64. The van der Waals surface area contributed by atoms with Gasteiger partial charge >= 0.3 is 0 Å². The summed E-state index contributed by atoms with van der Waals surface area (Å²) in [4.78, 5) is 0. The van der Waals surface area contributed by atoms with Crippen LogP contribution in [0.4, 0.5) is 0 Å². The monoisotopic (exact) mass is 623 g/mol. The van der Waals surface area contributed by atoms with E-state index in [1.165, 1.54) is 10.8 Å². The van der Waals surface area contributed by atoms with E-state index in [2.05, 4.69) is 135 Å². The number of para-hydroxylation sites is 3. The number of nitrogens with zero attached hydrogens (tertiary/aromatic N) is 5. The molecule has 0 amide bonds. The number of fused-ring (bicyclic) bond motifs is 11. The fourth-order valence-corrected chi connectivity index (χ4v) is 7.90. The predicted octanol–water partition coefficient (Wildman–Crippen LogP) is 10.7. The van der Waals surface area contributed by atoms with Crippen molar-refractivity contribution in [3.8, 4) is 29.2 Å². The molecular weight excluding hydrogens is 599 g/mol. The second-order valence-electron chi connectivity index (χ2n) is 12.4. The zero-order chi connectivity index (χ0) is 32.6. The molecule has 10 aromatic rings. The SMILES string of the molecule is N#Cc1cccc(-n2c3ccc(C#N)cc3c3c2ccc2c4ccc5c(c6ccccc6n5-c5ccccc5)c4n(-c4ccccc4)c23)c1. The molecule has 0 aliphatic heterocycles. The smallest absolute Gasteiger partial charge is 0.0992 e. The van der Waals surface area contributed by atoms with E-state index < -0.39 is 0 Å². The first-order valence-electron chi connectivity index (χ1n) is 16.2. The van der Waals surface area contributed by atoms with E-state index in [-0.39, 0.29) is 0 Å². The van der Waals surface area contributed by atoms with Crippen molar-refractivity contribution in [1.29, 1.82) is 10.5 Å².